The van der Waals surface area contributed by atoms with Gasteiger partial charge in [-0.25, -0.2) is 0 Å². The zero-order valence-electron chi connectivity index (χ0n) is 3.52. The number of hydrogen-bond donors (Lipinski definition) is 0. The Bertz CT molecular complexity index is 106. The summed E-state index contributed by atoms with van der Waals surface area (Å²) < 4.78 is 0. The third-order valence-electron chi connectivity index (χ3n) is 0.732. The van der Waals surface area contributed by atoms with Gasteiger partial charge in [-0.1, -0.05) is 29.5 Å². The first-order valence-corrected chi connectivity index (χ1v) is 2.64. The summed E-state index contributed by atoms with van der Waals surface area (Å²) in [6.45, 7) is 0. The lowest BCUT2D eigenvalue weighted by Crippen LogP contribution is -1.77. The summed E-state index contributed by atoms with van der Waals surface area (Å²) in [5, 5.41) is 1.37. The zero-order chi connectivity index (χ0) is 4.41. The monoisotopic (exact) mass is 94.0 g/mol. The molecule has 1 aliphatic rings. The summed E-state index contributed by atoms with van der Waals surface area (Å²) in [5.41, 5.74) is 0. The molecule has 0 saturated heterocycles. The maximum absolute atomic E-state index is 2.10. The van der Waals surface area contributed by atoms with Crippen molar-refractivity contribution in [2.75, 3.05) is 0 Å². The van der Waals surface area contributed by atoms with E-state index in [1.54, 1.807) is 0 Å². The molecular weight excluding hydrogens is 88.1 g/mol. The Balaban J connectivity index is 2.86. The molecule has 0 N–H and O–H groups in total. The molecule has 0 aromatic rings. The second-order valence-electron chi connectivity index (χ2n) is 1.29. The van der Waals surface area contributed by atoms with Crippen molar-refractivity contribution in [2.24, 2.45) is 0 Å². The van der Waals surface area contributed by atoms with Crippen LogP contribution in [0.1, 0.15) is 0 Å². The van der Waals surface area contributed by atoms with Gasteiger partial charge in [0.1, 0.15) is 0 Å². The second kappa shape index (κ2) is 1.35. The highest BCUT2D eigenvalue weighted by atomic mass is 28.1. The Morgan fingerprint density at radius 3 is 1.83 bits per heavy atom. The van der Waals surface area contributed by atoms with Gasteiger partial charge in [0.05, 0.1) is 0 Å². The fourth-order valence-corrected chi connectivity index (χ4v) is 0.686. The molecule has 1 heteroatoms. The van der Waals surface area contributed by atoms with E-state index < -0.39 is 0 Å². The summed E-state index contributed by atoms with van der Waals surface area (Å²) in [7, 11) is 1.91. The molecule has 1 rings (SSSR count). The lowest BCUT2D eigenvalue weighted by molar-refractivity contribution is 2.15. The largest absolute Gasteiger partial charge is 0.0621 e. The first-order valence-electron chi connectivity index (χ1n) is 1.93. The molecule has 0 aliphatic heterocycles. The highest BCUT2D eigenvalue weighted by Gasteiger charge is 1.80. The summed E-state index contributed by atoms with van der Waals surface area (Å²) in [5.74, 6) is 0. The molecule has 6 heavy (non-hydrogen) atoms. The van der Waals surface area contributed by atoms with Gasteiger partial charge in [0.2, 0.25) is 0 Å². The van der Waals surface area contributed by atoms with Crippen molar-refractivity contribution in [3.05, 3.63) is 24.3 Å². The molecule has 0 unspecified atom stereocenters. The van der Waals surface area contributed by atoms with Gasteiger partial charge in [-0.05, 0) is 9.85 Å². The van der Waals surface area contributed by atoms with Gasteiger partial charge in [0.15, 0.2) is 0 Å². The normalized spacial score (nSPS) is 17.0. The molecule has 0 bridgehead atoms. The van der Waals surface area contributed by atoms with Gasteiger partial charge in [0.25, 0.3) is 0 Å². The number of hydrogen-bond acceptors (Lipinski definition) is 0. The van der Waals surface area contributed by atoms with Crippen molar-refractivity contribution in [3.8, 4) is 0 Å². The van der Waals surface area contributed by atoms with Crippen LogP contribution in [-0.4, -0.2) is 15.0 Å². The molecule has 0 amide bonds. The minimum absolute atomic E-state index is 1.37. The number of rotatable bonds is 0. The summed E-state index contributed by atoms with van der Waals surface area (Å²) in [4.78, 5) is 0. The van der Waals surface area contributed by atoms with E-state index in [0.717, 1.165) is 0 Å². The first-order chi connectivity index (χ1) is 2.89. The molecule has 0 aromatic heterocycles. The van der Waals surface area contributed by atoms with Crippen molar-refractivity contribution < 1.29 is 0 Å². The molecule has 1 aliphatic carbocycles. The van der Waals surface area contributed by atoms with Crippen molar-refractivity contribution in [3.63, 3.8) is 0 Å². The van der Waals surface area contributed by atoms with Crippen LogP contribution in [-0.2, 0) is 0 Å². The first kappa shape index (κ1) is 3.75. The van der Waals surface area contributed by atoms with Gasteiger partial charge >= 0.3 is 0 Å². The predicted molar refractivity (Wildman–Crippen MR) is 31.8 cm³/mol. The van der Waals surface area contributed by atoms with Crippen LogP contribution in [0.4, 0.5) is 0 Å². The molecule has 0 aromatic carbocycles. The van der Waals surface area contributed by atoms with E-state index in [1.165, 1.54) is 5.17 Å². The smallest absolute Gasteiger partial charge is 0.0139 e. The minimum Gasteiger partial charge on any atom is -0.0621 e. The van der Waals surface area contributed by atoms with E-state index in [2.05, 4.69) is 12.2 Å². The van der Waals surface area contributed by atoms with Crippen LogP contribution in [0.2, 0.25) is 0 Å². The van der Waals surface area contributed by atoms with Gasteiger partial charge in [-0.15, -0.1) is 0 Å². The minimum atomic E-state index is 1.37. The van der Waals surface area contributed by atoms with Crippen molar-refractivity contribution in [1.82, 2.24) is 0 Å². The maximum Gasteiger partial charge on any atom is -0.0139 e. The summed E-state index contributed by atoms with van der Waals surface area (Å²) >= 11 is 0. The van der Waals surface area contributed by atoms with Crippen LogP contribution in [0, 0.1) is 0 Å². The average Bonchev–Trinajstić information content (AvgIpc) is 1.86. The van der Waals surface area contributed by atoms with Crippen LogP contribution < -0.4 is 0 Å². The second-order valence-corrected chi connectivity index (χ2v) is 2.11. The third kappa shape index (κ3) is 0.545. The van der Waals surface area contributed by atoms with Crippen molar-refractivity contribution in [1.29, 1.82) is 0 Å². The molecule has 0 saturated carbocycles. The number of allylic oxidation sites excluding steroid dienone is 4. The Kier molecular flexibility index (Phi) is 0.841. The molecule has 30 valence electrons. The highest BCUT2D eigenvalue weighted by Crippen LogP contribution is 1.88. The molecule has 0 spiro atoms. The quantitative estimate of drug-likeness (QED) is 0.368. The predicted octanol–water partition coefficient (Wildman–Crippen LogP) is -0.0821. The standard InChI is InChI=1S/C5H6Si/c6-5-3-1-2-4-5/h1-4H,6H2. The van der Waals surface area contributed by atoms with E-state index in [1.807, 2.05) is 22.0 Å². The molecular formula is C5H6Si. The molecule has 0 nitrogen and oxygen atoms in total. The highest BCUT2D eigenvalue weighted by molar-refractivity contribution is 6.46. The van der Waals surface area contributed by atoms with E-state index >= 15 is 0 Å². The fraction of sp³-hybridized carbons (Fsp3) is 0. The topological polar surface area (TPSA) is 0 Å². The van der Waals surface area contributed by atoms with Gasteiger partial charge in [-0.3, -0.25) is 0 Å². The molecule has 0 heterocycles. The zero-order valence-corrected chi connectivity index (χ0v) is 4.93. The van der Waals surface area contributed by atoms with E-state index in [-0.39, 0.29) is 0 Å². The van der Waals surface area contributed by atoms with Crippen LogP contribution in [0.25, 0.3) is 0 Å². The van der Waals surface area contributed by atoms with Crippen LogP contribution in [0.3, 0.4) is 0 Å². The van der Waals surface area contributed by atoms with Crippen LogP contribution in [0.15, 0.2) is 24.3 Å². The fourth-order valence-electron chi connectivity index (χ4n) is 0.414. The average molecular weight is 94.2 g/mol. The van der Waals surface area contributed by atoms with Gasteiger partial charge in [0, 0.05) is 0 Å². The van der Waals surface area contributed by atoms with Gasteiger partial charge < -0.3 is 0 Å². The van der Waals surface area contributed by atoms with Crippen molar-refractivity contribution in [2.45, 2.75) is 0 Å². The Morgan fingerprint density at radius 2 is 1.67 bits per heavy atom. The summed E-state index contributed by atoms with van der Waals surface area (Å²) in [6.07, 6.45) is 8.28. The van der Waals surface area contributed by atoms with Crippen LogP contribution in [0.5, 0.6) is 0 Å². The Labute approximate surface area is 40.2 Å². The van der Waals surface area contributed by atoms with Crippen molar-refractivity contribution >= 4 is 15.0 Å². The molecule has 0 atom stereocenters. The Hall–Kier alpha value is -0.433. The van der Waals surface area contributed by atoms with E-state index in [9.17, 15) is 0 Å². The lowest BCUT2D eigenvalue weighted by atomic mass is 10.5. The third-order valence-corrected chi connectivity index (χ3v) is 1.20. The van der Waals surface area contributed by atoms with Gasteiger partial charge in [-0.2, -0.15) is 0 Å². The lowest BCUT2D eigenvalue weighted by Gasteiger charge is -1.71. The van der Waals surface area contributed by atoms with E-state index in [4.69, 9.17) is 0 Å². The van der Waals surface area contributed by atoms with E-state index in [0.29, 0.717) is 0 Å². The summed E-state index contributed by atoms with van der Waals surface area (Å²) in [6, 6.07) is 0. The maximum atomic E-state index is 2.10. The molecule has 0 fully saturated rings. The van der Waals surface area contributed by atoms with Crippen LogP contribution >= 0.6 is 0 Å². The molecule has 0 radical (unpaired) electrons. The SMILES string of the molecule is [SiH2]=C1C=CC=C1. The Morgan fingerprint density at radius 1 is 1.17 bits per heavy atom.